The lowest BCUT2D eigenvalue weighted by molar-refractivity contribution is 0.0600. The van der Waals surface area contributed by atoms with E-state index in [4.69, 9.17) is 9.47 Å². The third kappa shape index (κ3) is 2.65. The Bertz CT molecular complexity index is 847. The summed E-state index contributed by atoms with van der Waals surface area (Å²) in [5.74, 6) is 0.861. The number of carbonyl (C=O) groups is 2. The van der Waals surface area contributed by atoms with Crippen LogP contribution in [0.3, 0.4) is 0 Å². The lowest BCUT2D eigenvalue weighted by atomic mass is 10.1. The average Bonchev–Trinajstić information content (AvgIpc) is 2.92. The molecule has 0 bridgehead atoms. The summed E-state index contributed by atoms with van der Waals surface area (Å²) in [6.45, 7) is 1.85. The average molecular weight is 324 g/mol. The number of ketones is 1. The van der Waals surface area contributed by atoms with Gasteiger partial charge in [0, 0.05) is 5.56 Å². The van der Waals surface area contributed by atoms with Crippen LogP contribution in [-0.2, 0) is 4.74 Å². The first-order valence-electron chi connectivity index (χ1n) is 7.35. The maximum Gasteiger partial charge on any atom is 0.337 e. The molecule has 0 N–H and O–H groups in total. The molecule has 1 aliphatic heterocycles. The van der Waals surface area contributed by atoms with Crippen LogP contribution in [-0.4, -0.2) is 26.0 Å². The van der Waals surface area contributed by atoms with Crippen LogP contribution in [0.15, 0.2) is 42.2 Å². The van der Waals surface area contributed by atoms with E-state index in [-0.39, 0.29) is 11.5 Å². The Morgan fingerprint density at radius 1 is 1.08 bits per heavy atom. The molecule has 5 heteroatoms. The molecule has 0 fully saturated rings. The lowest BCUT2D eigenvalue weighted by Gasteiger charge is -2.07. The Morgan fingerprint density at radius 3 is 2.42 bits per heavy atom. The molecule has 1 heterocycles. The summed E-state index contributed by atoms with van der Waals surface area (Å²) in [5, 5.41) is 0. The minimum Gasteiger partial charge on any atom is -0.496 e. The molecule has 0 saturated heterocycles. The summed E-state index contributed by atoms with van der Waals surface area (Å²) in [4.78, 5) is 23.9. The van der Waals surface area contributed by atoms with Gasteiger partial charge in [-0.05, 0) is 42.8 Å². The number of Topliss-reactive ketones (excluding diaryl/α,β-unsaturated/α-hetero) is 1. The van der Waals surface area contributed by atoms with E-state index in [1.807, 2.05) is 6.92 Å². The molecule has 0 unspecified atom stereocenters. The summed E-state index contributed by atoms with van der Waals surface area (Å²) in [5.41, 5.74) is 2.50. The first-order chi connectivity index (χ1) is 11.5. The molecule has 5 nitrogen and oxygen atoms in total. The maximum absolute atomic E-state index is 12.5. The first-order valence-corrected chi connectivity index (χ1v) is 7.35. The predicted molar refractivity (Wildman–Crippen MR) is 88.4 cm³/mol. The zero-order valence-electron chi connectivity index (χ0n) is 13.6. The quantitative estimate of drug-likeness (QED) is 0.639. The largest absolute Gasteiger partial charge is 0.496 e. The van der Waals surface area contributed by atoms with Gasteiger partial charge in [0.25, 0.3) is 0 Å². The number of esters is 1. The molecule has 122 valence electrons. The van der Waals surface area contributed by atoms with Gasteiger partial charge in [-0.3, -0.25) is 4.79 Å². The maximum atomic E-state index is 12.5. The molecule has 0 amide bonds. The van der Waals surface area contributed by atoms with Gasteiger partial charge in [0.1, 0.15) is 11.5 Å². The molecular weight excluding hydrogens is 308 g/mol. The van der Waals surface area contributed by atoms with Gasteiger partial charge in [-0.1, -0.05) is 12.1 Å². The Morgan fingerprint density at radius 2 is 1.79 bits per heavy atom. The van der Waals surface area contributed by atoms with E-state index >= 15 is 0 Å². The van der Waals surface area contributed by atoms with Crippen LogP contribution in [0.25, 0.3) is 6.08 Å². The second-order valence-electron chi connectivity index (χ2n) is 5.32. The van der Waals surface area contributed by atoms with Crippen LogP contribution < -0.4 is 9.47 Å². The fraction of sp³-hybridized carbons (Fsp3) is 0.158. The van der Waals surface area contributed by atoms with Crippen molar-refractivity contribution in [3.05, 3.63) is 64.4 Å². The van der Waals surface area contributed by atoms with Gasteiger partial charge < -0.3 is 14.2 Å². The minimum absolute atomic E-state index is 0.173. The number of benzene rings is 2. The molecule has 0 spiro atoms. The van der Waals surface area contributed by atoms with Crippen LogP contribution >= 0.6 is 0 Å². The Labute approximate surface area is 139 Å². The Kier molecular flexibility index (Phi) is 4.08. The smallest absolute Gasteiger partial charge is 0.337 e. The molecule has 0 aliphatic carbocycles. The number of hydrogen-bond donors (Lipinski definition) is 0. The summed E-state index contributed by atoms with van der Waals surface area (Å²) in [6, 6.07) is 10.2. The van der Waals surface area contributed by atoms with Gasteiger partial charge >= 0.3 is 5.97 Å². The summed E-state index contributed by atoms with van der Waals surface area (Å²) >= 11 is 0. The topological polar surface area (TPSA) is 61.8 Å². The number of rotatable bonds is 3. The molecule has 0 aromatic heterocycles. The van der Waals surface area contributed by atoms with E-state index in [0.717, 1.165) is 11.1 Å². The number of allylic oxidation sites excluding steroid dienone is 1. The molecule has 1 aliphatic rings. The van der Waals surface area contributed by atoms with E-state index in [1.165, 1.54) is 7.11 Å². The normalized spacial score (nSPS) is 14.3. The van der Waals surface area contributed by atoms with Crippen LogP contribution in [0.4, 0.5) is 0 Å². The van der Waals surface area contributed by atoms with E-state index in [2.05, 4.69) is 4.74 Å². The molecule has 3 rings (SSSR count). The fourth-order valence-corrected chi connectivity index (χ4v) is 2.57. The van der Waals surface area contributed by atoms with Crippen molar-refractivity contribution in [3.8, 4) is 11.5 Å². The molecule has 0 atom stereocenters. The van der Waals surface area contributed by atoms with Crippen molar-refractivity contribution in [2.45, 2.75) is 6.92 Å². The second-order valence-corrected chi connectivity index (χ2v) is 5.32. The molecular formula is C19H16O5. The molecule has 2 aromatic rings. The van der Waals surface area contributed by atoms with Gasteiger partial charge in [0.15, 0.2) is 5.76 Å². The number of carbonyl (C=O) groups excluding carboxylic acids is 2. The molecule has 2 aromatic carbocycles. The molecule has 0 radical (unpaired) electrons. The van der Waals surface area contributed by atoms with Gasteiger partial charge in [0.05, 0.1) is 25.3 Å². The third-order valence-electron chi connectivity index (χ3n) is 3.89. The van der Waals surface area contributed by atoms with Crippen LogP contribution in [0.2, 0.25) is 0 Å². The third-order valence-corrected chi connectivity index (χ3v) is 3.89. The predicted octanol–water partition coefficient (Wildman–Crippen LogP) is 3.41. The molecule has 0 saturated carbocycles. The van der Waals surface area contributed by atoms with Crippen molar-refractivity contribution >= 4 is 17.8 Å². The number of hydrogen-bond acceptors (Lipinski definition) is 5. The van der Waals surface area contributed by atoms with E-state index in [0.29, 0.717) is 22.6 Å². The Hall–Kier alpha value is -3.08. The summed E-state index contributed by atoms with van der Waals surface area (Å²) < 4.78 is 15.6. The van der Waals surface area contributed by atoms with Crippen molar-refractivity contribution in [1.82, 2.24) is 0 Å². The lowest BCUT2D eigenvalue weighted by Crippen LogP contribution is -2.01. The summed E-state index contributed by atoms with van der Waals surface area (Å²) in [6.07, 6.45) is 1.65. The highest BCUT2D eigenvalue weighted by molar-refractivity contribution is 6.15. The fourth-order valence-electron chi connectivity index (χ4n) is 2.57. The van der Waals surface area contributed by atoms with Gasteiger partial charge in [0.2, 0.25) is 5.78 Å². The highest BCUT2D eigenvalue weighted by Gasteiger charge is 2.29. The zero-order valence-corrected chi connectivity index (χ0v) is 13.6. The minimum atomic E-state index is -0.405. The van der Waals surface area contributed by atoms with Crippen molar-refractivity contribution in [1.29, 1.82) is 0 Å². The number of fused-ring (bicyclic) bond motifs is 1. The van der Waals surface area contributed by atoms with Crippen LogP contribution in [0.5, 0.6) is 11.5 Å². The SMILES string of the molecule is COC(=O)c1ccc(/C=C2\Oc3c(ccc(OC)c3C)C2=O)cc1. The van der Waals surface area contributed by atoms with Crippen molar-refractivity contribution in [3.63, 3.8) is 0 Å². The van der Waals surface area contributed by atoms with E-state index < -0.39 is 5.97 Å². The van der Waals surface area contributed by atoms with Gasteiger partial charge in [-0.15, -0.1) is 0 Å². The van der Waals surface area contributed by atoms with Gasteiger partial charge in [-0.25, -0.2) is 4.79 Å². The highest BCUT2D eigenvalue weighted by Crippen LogP contribution is 2.39. The van der Waals surface area contributed by atoms with Crippen molar-refractivity contribution in [2.75, 3.05) is 14.2 Å². The van der Waals surface area contributed by atoms with Crippen LogP contribution in [0.1, 0.15) is 31.8 Å². The number of ether oxygens (including phenoxy) is 3. The van der Waals surface area contributed by atoms with Gasteiger partial charge in [-0.2, -0.15) is 0 Å². The number of methoxy groups -OCH3 is 2. The highest BCUT2D eigenvalue weighted by atomic mass is 16.5. The standard InChI is InChI=1S/C19H16O5/c1-11-15(22-2)9-8-14-17(20)16(24-18(11)14)10-12-4-6-13(7-5-12)19(21)23-3/h4-10H,1-3H3/b16-10-. The monoisotopic (exact) mass is 324 g/mol. The zero-order chi connectivity index (χ0) is 17.3. The van der Waals surface area contributed by atoms with Crippen LogP contribution in [0, 0.1) is 6.92 Å². The van der Waals surface area contributed by atoms with E-state index in [1.54, 1.807) is 49.6 Å². The van der Waals surface area contributed by atoms with Crippen molar-refractivity contribution < 1.29 is 23.8 Å². The molecule has 24 heavy (non-hydrogen) atoms. The summed E-state index contributed by atoms with van der Waals surface area (Å²) in [7, 11) is 2.90. The first kappa shape index (κ1) is 15.8. The Balaban J connectivity index is 1.91. The van der Waals surface area contributed by atoms with E-state index in [9.17, 15) is 9.59 Å². The second kappa shape index (κ2) is 6.20. The van der Waals surface area contributed by atoms with Crippen molar-refractivity contribution in [2.24, 2.45) is 0 Å².